The van der Waals surface area contributed by atoms with Crippen LogP contribution in [0.25, 0.3) is 0 Å². The number of halogens is 1. The lowest BCUT2D eigenvalue weighted by molar-refractivity contribution is -0.0885. The number of rotatable bonds is 15. The van der Waals surface area contributed by atoms with Crippen molar-refractivity contribution in [3.63, 3.8) is 0 Å². The van der Waals surface area contributed by atoms with Gasteiger partial charge in [-0.25, -0.2) is 0 Å². The SMILES string of the molecule is CC[C@]1(O)CC[C@@]2(C)C(=CC(C)[C@H]3[C@@H]4CC[C@H]([C@H](C)CCC(C)(C)O)[C@@]4(C)CC[C@@H]32)C1.CC[C@]1(O)CC[C@@]2(C)C(=C[C@@H](C)[C@H]3[C@@H]4CC[C@H]([C@H](C)CCC(C)(C)O)[C@@]4(C)CC[C@@H]32)C1.CC[C@]1(O)CC[C@@]2(C)C(=C[C@H](C)[C@H]3[C@@H]4CC[C@H]([C@H](C)CCC(C)(C)O)[C@@]4(C)CC[C@@H]32)C1.CSF. The summed E-state index contributed by atoms with van der Waals surface area (Å²) >= 11 is 0.250. The maximum atomic E-state index is 11.1. The van der Waals surface area contributed by atoms with Gasteiger partial charge in [-0.15, -0.1) is 0 Å². The van der Waals surface area contributed by atoms with Gasteiger partial charge in [-0.2, -0.15) is 3.89 Å². The van der Waals surface area contributed by atoms with Gasteiger partial charge in [-0.3, -0.25) is 0 Å². The zero-order chi connectivity index (χ0) is 71.2. The van der Waals surface area contributed by atoms with Crippen molar-refractivity contribution in [2.24, 2.45) is 139 Å². The topological polar surface area (TPSA) is 121 Å². The van der Waals surface area contributed by atoms with E-state index in [0.29, 0.717) is 68.0 Å². The summed E-state index contributed by atoms with van der Waals surface area (Å²) < 4.78 is 10.2. The highest BCUT2D eigenvalue weighted by atomic mass is 32.2. The predicted molar refractivity (Wildman–Crippen MR) is 404 cm³/mol. The van der Waals surface area contributed by atoms with Crippen molar-refractivity contribution in [1.82, 2.24) is 0 Å². The normalized spacial score (nSPS) is 47.1. The molecule has 0 saturated heterocycles. The minimum absolute atomic E-state index is 0.250. The second-order valence-corrected chi connectivity index (χ2v) is 41.2. The van der Waals surface area contributed by atoms with Gasteiger partial charge in [0.15, 0.2) is 0 Å². The van der Waals surface area contributed by atoms with Crippen molar-refractivity contribution in [3.05, 3.63) is 34.9 Å². The Labute approximate surface area is 595 Å². The minimum Gasteiger partial charge on any atom is -0.390 e. The highest BCUT2D eigenvalue weighted by Crippen LogP contribution is 2.73. The van der Waals surface area contributed by atoms with Crippen molar-refractivity contribution in [3.8, 4) is 0 Å². The van der Waals surface area contributed by atoms with Gasteiger partial charge in [-0.1, -0.05) is 139 Å². The van der Waals surface area contributed by atoms with E-state index >= 15 is 0 Å². The van der Waals surface area contributed by atoms with E-state index < -0.39 is 33.6 Å². The molecular formula is C88H153FO6S. The molecule has 12 rings (SSSR count). The third-order valence-electron chi connectivity index (χ3n) is 33.6. The molecule has 8 heteroatoms. The first-order chi connectivity index (χ1) is 44.4. The van der Waals surface area contributed by atoms with Crippen LogP contribution in [0, 0.1) is 139 Å². The highest BCUT2D eigenvalue weighted by Gasteiger charge is 2.65. The van der Waals surface area contributed by atoms with E-state index in [-0.39, 0.29) is 12.1 Å². The van der Waals surface area contributed by atoms with Gasteiger partial charge < -0.3 is 30.6 Å². The van der Waals surface area contributed by atoms with Gasteiger partial charge in [0.05, 0.1) is 33.6 Å². The van der Waals surface area contributed by atoms with Crippen LogP contribution in [0.1, 0.15) is 338 Å². The smallest absolute Gasteiger partial charge is 0.0682 e. The first-order valence-corrected chi connectivity index (χ1v) is 42.2. The van der Waals surface area contributed by atoms with E-state index in [4.69, 9.17) is 0 Å². The molecule has 0 aromatic heterocycles. The average Bonchev–Trinajstić information content (AvgIpc) is 1.14. The van der Waals surface area contributed by atoms with Crippen LogP contribution >= 0.6 is 12.1 Å². The molecule has 0 aromatic rings. The van der Waals surface area contributed by atoms with Gasteiger partial charge in [0.2, 0.25) is 0 Å². The quantitative estimate of drug-likeness (QED) is 0.0904. The molecule has 0 aromatic carbocycles. The van der Waals surface area contributed by atoms with Gasteiger partial charge >= 0.3 is 0 Å². The van der Waals surface area contributed by atoms with Crippen LogP contribution in [0.3, 0.4) is 0 Å². The van der Waals surface area contributed by atoms with Crippen molar-refractivity contribution in [2.75, 3.05) is 6.26 Å². The zero-order valence-corrected chi connectivity index (χ0v) is 67.1. The molecule has 6 N–H and O–H groups in total. The molecular weight excluding hydrogens is 1200 g/mol. The molecule has 554 valence electrons. The Bertz CT molecular complexity index is 2430. The van der Waals surface area contributed by atoms with Gasteiger partial charge in [0, 0.05) is 18.4 Å². The minimum atomic E-state index is -0.542. The van der Waals surface area contributed by atoms with Gasteiger partial charge in [-0.05, 0) is 373 Å². The number of aliphatic hydroxyl groups is 6. The van der Waals surface area contributed by atoms with Gasteiger partial charge in [0.1, 0.15) is 0 Å². The summed E-state index contributed by atoms with van der Waals surface area (Å²) in [6, 6.07) is 0. The molecule has 1 unspecified atom stereocenters. The lowest BCUT2D eigenvalue weighted by Gasteiger charge is -2.61. The number of fused-ring (bicyclic) bond motifs is 15. The molecule has 0 heterocycles. The summed E-state index contributed by atoms with van der Waals surface area (Å²) in [6.07, 6.45) is 43.9. The predicted octanol–water partition coefficient (Wildman–Crippen LogP) is 22.7. The first kappa shape index (κ1) is 79.4. The fourth-order valence-corrected chi connectivity index (χ4v) is 27.4. The van der Waals surface area contributed by atoms with Crippen molar-refractivity contribution >= 4 is 12.1 Å². The summed E-state index contributed by atoms with van der Waals surface area (Å²) in [5.74, 6) is 13.8. The largest absolute Gasteiger partial charge is 0.390 e. The lowest BCUT2D eigenvalue weighted by atomic mass is 9.44. The van der Waals surface area contributed by atoms with E-state index in [9.17, 15) is 34.5 Å². The lowest BCUT2D eigenvalue weighted by Crippen LogP contribution is -2.54. The maximum absolute atomic E-state index is 11.1. The van der Waals surface area contributed by atoms with Crippen molar-refractivity contribution in [1.29, 1.82) is 0 Å². The molecule has 96 heavy (non-hydrogen) atoms. The van der Waals surface area contributed by atoms with Crippen LogP contribution in [0.5, 0.6) is 0 Å². The molecule has 12 aliphatic rings. The number of hydrogen-bond acceptors (Lipinski definition) is 7. The molecule has 27 atom stereocenters. The monoisotopic (exact) mass is 1360 g/mol. The Hall–Kier alpha value is -0.740. The molecule has 0 bridgehead atoms. The fraction of sp³-hybridized carbons (Fsp3) is 0.932. The van der Waals surface area contributed by atoms with Crippen LogP contribution in [-0.2, 0) is 0 Å². The van der Waals surface area contributed by atoms with Gasteiger partial charge in [0.25, 0.3) is 0 Å². The molecule has 0 spiro atoms. The molecule has 6 nitrogen and oxygen atoms in total. The summed E-state index contributed by atoms with van der Waals surface area (Å²) in [5.41, 5.74) is 4.09. The summed E-state index contributed by atoms with van der Waals surface area (Å²) in [4.78, 5) is 0. The second kappa shape index (κ2) is 29.0. The Balaban J connectivity index is 0.000000165. The number of hydrogen-bond donors (Lipinski definition) is 6. The molecule has 0 amide bonds. The van der Waals surface area contributed by atoms with E-state index in [0.717, 1.165) is 167 Å². The van der Waals surface area contributed by atoms with Crippen LogP contribution in [-0.4, -0.2) is 70.5 Å². The summed E-state index contributed by atoms with van der Waals surface area (Å²) in [6.45, 7) is 48.7. The second-order valence-electron chi connectivity index (χ2n) is 40.9. The molecule has 0 aliphatic heterocycles. The highest BCUT2D eigenvalue weighted by molar-refractivity contribution is 7.93. The van der Waals surface area contributed by atoms with E-state index in [2.05, 4.69) is 122 Å². The molecule has 9 saturated carbocycles. The van der Waals surface area contributed by atoms with Crippen molar-refractivity contribution in [2.45, 2.75) is 372 Å². The number of allylic oxidation sites excluding steroid dienone is 3. The first-order valence-electron chi connectivity index (χ1n) is 41.0. The van der Waals surface area contributed by atoms with Crippen LogP contribution in [0.2, 0.25) is 0 Å². The van der Waals surface area contributed by atoms with Crippen LogP contribution in [0.15, 0.2) is 34.9 Å². The molecule has 0 radical (unpaired) electrons. The fourth-order valence-electron chi connectivity index (χ4n) is 27.4. The average molecular weight is 1360 g/mol. The summed E-state index contributed by atoms with van der Waals surface area (Å²) in [5, 5.41) is 63.9. The van der Waals surface area contributed by atoms with E-state index in [1.165, 1.54) is 103 Å². The van der Waals surface area contributed by atoms with Crippen molar-refractivity contribution < 1.29 is 34.5 Å². The standard InChI is InChI=1S/3C29H50O2.CH3FS/c3*1-8-29(31)16-15-27(6)21(18-29)17-20(3)25-23-10-9-22(19(2)11-13-26(4,5)30)28(23,7)14-12-24(25)27;1-3-2/h3*17,19-20,22-25,30-31H,8-16,18H2,1-7H3;1H3/t19-,20?,22-,23+,24+,25+,27+,28-,29+;19-,20+,22-,23+,24+,25+,27+,28-,29+;19-,20-,22-,23+,24+,25+,27+,28-,29+;/m111./s1. The zero-order valence-electron chi connectivity index (χ0n) is 66.3. The Morgan fingerprint density at radius 3 is 0.844 bits per heavy atom. The Morgan fingerprint density at radius 2 is 0.635 bits per heavy atom. The molecule has 12 aliphatic carbocycles. The Kier molecular flexibility index (Phi) is 23.9. The summed E-state index contributed by atoms with van der Waals surface area (Å²) in [7, 11) is 0. The molecule has 9 fully saturated rings. The van der Waals surface area contributed by atoms with E-state index in [1.807, 2.05) is 41.5 Å². The van der Waals surface area contributed by atoms with Crippen LogP contribution < -0.4 is 0 Å². The van der Waals surface area contributed by atoms with E-state index in [1.54, 1.807) is 16.7 Å². The Morgan fingerprint density at radius 1 is 0.406 bits per heavy atom. The maximum Gasteiger partial charge on any atom is 0.0682 e. The third-order valence-corrected chi connectivity index (χ3v) is 33.6. The van der Waals surface area contributed by atoms with Crippen LogP contribution in [0.4, 0.5) is 3.89 Å². The third kappa shape index (κ3) is 15.4.